The molecule has 2 aromatic rings. The predicted octanol–water partition coefficient (Wildman–Crippen LogP) is 2.42. The van der Waals surface area contributed by atoms with Gasteiger partial charge in [0.15, 0.2) is 0 Å². The van der Waals surface area contributed by atoms with E-state index in [4.69, 9.17) is 15.3 Å². The number of nitrogens with one attached hydrogen (secondary N) is 1. The number of aromatic amines is 1. The molecule has 0 aliphatic carbocycles. The SMILES string of the molecule is CC(C)COc1ncnc2[nH]cc(C=C(C#N)C#N)c12. The summed E-state index contributed by atoms with van der Waals surface area (Å²) in [5.41, 5.74) is 1.29. The quantitative estimate of drug-likeness (QED) is 0.858. The molecule has 0 saturated heterocycles. The normalized spacial score (nSPS) is 10.1. The lowest BCUT2D eigenvalue weighted by molar-refractivity contribution is 0.264. The fourth-order valence-electron chi connectivity index (χ4n) is 1.67. The molecule has 2 aromatic heterocycles. The molecule has 0 saturated carbocycles. The first-order valence-electron chi connectivity index (χ1n) is 6.12. The van der Waals surface area contributed by atoms with Crippen LogP contribution in [0.4, 0.5) is 0 Å². The van der Waals surface area contributed by atoms with E-state index in [-0.39, 0.29) is 5.57 Å². The maximum absolute atomic E-state index is 8.83. The zero-order valence-corrected chi connectivity index (χ0v) is 11.2. The Bertz CT molecular complexity index is 714. The summed E-state index contributed by atoms with van der Waals surface area (Å²) >= 11 is 0. The fourth-order valence-corrected chi connectivity index (χ4v) is 1.67. The smallest absolute Gasteiger partial charge is 0.226 e. The number of nitriles is 2. The summed E-state index contributed by atoms with van der Waals surface area (Å²) in [5.74, 6) is 0.818. The highest BCUT2D eigenvalue weighted by Crippen LogP contribution is 2.27. The third kappa shape index (κ3) is 2.76. The monoisotopic (exact) mass is 267 g/mol. The second kappa shape index (κ2) is 5.85. The van der Waals surface area contributed by atoms with E-state index in [0.717, 1.165) is 0 Å². The van der Waals surface area contributed by atoms with Gasteiger partial charge in [0.2, 0.25) is 5.88 Å². The van der Waals surface area contributed by atoms with E-state index in [1.807, 2.05) is 26.0 Å². The van der Waals surface area contributed by atoms with Gasteiger partial charge in [0.1, 0.15) is 29.7 Å². The van der Waals surface area contributed by atoms with Crippen molar-refractivity contribution in [2.24, 2.45) is 5.92 Å². The maximum atomic E-state index is 8.83. The standard InChI is InChI=1S/C14H13N5O/c1-9(2)7-20-14-12-11(3-10(4-15)5-16)6-17-13(12)18-8-19-14/h3,6,8-9H,7H2,1-2H3,(H,17,18,19). The lowest BCUT2D eigenvalue weighted by Crippen LogP contribution is -2.06. The van der Waals surface area contributed by atoms with Crippen molar-refractivity contribution in [2.45, 2.75) is 13.8 Å². The largest absolute Gasteiger partial charge is 0.477 e. The Balaban J connectivity index is 2.50. The van der Waals surface area contributed by atoms with Crippen LogP contribution < -0.4 is 4.74 Å². The van der Waals surface area contributed by atoms with Crippen LogP contribution in [0.3, 0.4) is 0 Å². The van der Waals surface area contributed by atoms with Crippen LogP contribution in [0.1, 0.15) is 19.4 Å². The topological polar surface area (TPSA) is 98.4 Å². The summed E-state index contributed by atoms with van der Waals surface area (Å²) in [7, 11) is 0. The fraction of sp³-hybridized carbons (Fsp3) is 0.286. The molecule has 0 aliphatic heterocycles. The van der Waals surface area contributed by atoms with E-state index in [1.54, 1.807) is 6.20 Å². The molecule has 6 heteroatoms. The van der Waals surface area contributed by atoms with Crippen LogP contribution in [0.15, 0.2) is 18.1 Å². The first kappa shape index (κ1) is 13.6. The molecule has 0 aliphatic rings. The zero-order chi connectivity index (χ0) is 14.5. The van der Waals surface area contributed by atoms with Crippen molar-refractivity contribution in [3.8, 4) is 18.0 Å². The molecule has 0 aromatic carbocycles. The van der Waals surface area contributed by atoms with Gasteiger partial charge in [0.05, 0.1) is 12.0 Å². The number of hydrogen-bond donors (Lipinski definition) is 1. The predicted molar refractivity (Wildman–Crippen MR) is 73.4 cm³/mol. The number of fused-ring (bicyclic) bond motifs is 1. The van der Waals surface area contributed by atoms with Gasteiger partial charge in [0, 0.05) is 11.8 Å². The molecule has 0 radical (unpaired) electrons. The maximum Gasteiger partial charge on any atom is 0.226 e. The summed E-state index contributed by atoms with van der Waals surface area (Å²) in [6, 6.07) is 3.66. The van der Waals surface area contributed by atoms with E-state index in [2.05, 4.69) is 15.0 Å². The molecule has 1 N–H and O–H groups in total. The van der Waals surface area contributed by atoms with E-state index in [0.29, 0.717) is 35.0 Å². The molecule has 0 bridgehead atoms. The molecular formula is C14H13N5O. The van der Waals surface area contributed by atoms with Gasteiger partial charge in [-0.1, -0.05) is 13.8 Å². The van der Waals surface area contributed by atoms with Gasteiger partial charge in [-0.3, -0.25) is 0 Å². The second-order valence-corrected chi connectivity index (χ2v) is 4.63. The minimum absolute atomic E-state index is 0.0181. The minimum atomic E-state index is 0.0181. The number of hydrogen-bond acceptors (Lipinski definition) is 5. The molecule has 0 amide bonds. The van der Waals surface area contributed by atoms with Crippen molar-refractivity contribution in [3.63, 3.8) is 0 Å². The molecule has 20 heavy (non-hydrogen) atoms. The van der Waals surface area contributed by atoms with Crippen LogP contribution in [0.25, 0.3) is 17.1 Å². The van der Waals surface area contributed by atoms with Crippen LogP contribution in [0.5, 0.6) is 5.88 Å². The van der Waals surface area contributed by atoms with Crippen molar-refractivity contribution in [1.29, 1.82) is 10.5 Å². The Hall–Kier alpha value is -2.86. The van der Waals surface area contributed by atoms with E-state index >= 15 is 0 Å². The third-order valence-corrected chi connectivity index (χ3v) is 2.56. The molecule has 100 valence electrons. The Morgan fingerprint density at radius 1 is 1.40 bits per heavy atom. The number of aromatic nitrogens is 3. The molecule has 2 heterocycles. The Morgan fingerprint density at radius 2 is 2.15 bits per heavy atom. The highest BCUT2D eigenvalue weighted by Gasteiger charge is 2.12. The van der Waals surface area contributed by atoms with Gasteiger partial charge in [0.25, 0.3) is 0 Å². The van der Waals surface area contributed by atoms with Gasteiger partial charge < -0.3 is 9.72 Å². The second-order valence-electron chi connectivity index (χ2n) is 4.63. The third-order valence-electron chi connectivity index (χ3n) is 2.56. The highest BCUT2D eigenvalue weighted by molar-refractivity contribution is 5.91. The Morgan fingerprint density at radius 3 is 2.80 bits per heavy atom. The van der Waals surface area contributed by atoms with Crippen molar-refractivity contribution in [1.82, 2.24) is 15.0 Å². The zero-order valence-electron chi connectivity index (χ0n) is 11.2. The Labute approximate surface area is 116 Å². The van der Waals surface area contributed by atoms with E-state index in [9.17, 15) is 0 Å². The van der Waals surface area contributed by atoms with Crippen molar-refractivity contribution < 1.29 is 4.74 Å². The van der Waals surface area contributed by atoms with Crippen molar-refractivity contribution in [3.05, 3.63) is 23.7 Å². The first-order valence-corrected chi connectivity index (χ1v) is 6.12. The summed E-state index contributed by atoms with van der Waals surface area (Å²) < 4.78 is 5.66. The summed E-state index contributed by atoms with van der Waals surface area (Å²) in [4.78, 5) is 11.2. The van der Waals surface area contributed by atoms with Crippen LogP contribution in [-0.2, 0) is 0 Å². The molecule has 0 fully saturated rings. The molecule has 0 atom stereocenters. The van der Waals surface area contributed by atoms with Gasteiger partial charge in [-0.25, -0.2) is 9.97 Å². The van der Waals surface area contributed by atoms with Gasteiger partial charge in [-0.05, 0) is 12.0 Å². The van der Waals surface area contributed by atoms with E-state index in [1.165, 1.54) is 12.4 Å². The van der Waals surface area contributed by atoms with Gasteiger partial charge >= 0.3 is 0 Å². The highest BCUT2D eigenvalue weighted by atomic mass is 16.5. The van der Waals surface area contributed by atoms with Crippen LogP contribution in [0.2, 0.25) is 0 Å². The average Bonchev–Trinajstić information content (AvgIpc) is 2.86. The van der Waals surface area contributed by atoms with E-state index < -0.39 is 0 Å². The molecule has 0 spiro atoms. The number of H-pyrrole nitrogens is 1. The first-order chi connectivity index (χ1) is 9.65. The minimum Gasteiger partial charge on any atom is -0.477 e. The number of ether oxygens (including phenoxy) is 1. The van der Waals surface area contributed by atoms with Crippen LogP contribution in [-0.4, -0.2) is 21.6 Å². The number of nitrogens with zero attached hydrogens (tertiary/aromatic N) is 4. The number of allylic oxidation sites excluding steroid dienone is 1. The Kier molecular flexibility index (Phi) is 3.97. The molecule has 0 unspecified atom stereocenters. The van der Waals surface area contributed by atoms with Crippen molar-refractivity contribution in [2.75, 3.05) is 6.61 Å². The summed E-state index contributed by atoms with van der Waals surface area (Å²) in [6.07, 6.45) is 4.58. The molecule has 2 rings (SSSR count). The van der Waals surface area contributed by atoms with Gasteiger partial charge in [-0.15, -0.1) is 0 Å². The average molecular weight is 267 g/mol. The van der Waals surface area contributed by atoms with Crippen molar-refractivity contribution >= 4 is 17.1 Å². The molecule has 6 nitrogen and oxygen atoms in total. The summed E-state index contributed by atoms with van der Waals surface area (Å²) in [6.45, 7) is 4.61. The lowest BCUT2D eigenvalue weighted by Gasteiger charge is -2.08. The number of rotatable bonds is 4. The molecular weight excluding hydrogens is 254 g/mol. The summed E-state index contributed by atoms with van der Waals surface area (Å²) in [5, 5.41) is 18.3. The van der Waals surface area contributed by atoms with Crippen LogP contribution >= 0.6 is 0 Å². The van der Waals surface area contributed by atoms with Crippen LogP contribution in [0, 0.1) is 28.6 Å². The van der Waals surface area contributed by atoms with Gasteiger partial charge in [-0.2, -0.15) is 10.5 Å². The lowest BCUT2D eigenvalue weighted by atomic mass is 10.1.